The van der Waals surface area contributed by atoms with Crippen LogP contribution in [-0.2, 0) is 9.59 Å². The second kappa shape index (κ2) is 363. The van der Waals surface area contributed by atoms with Gasteiger partial charge in [0.05, 0.1) is 0 Å². The number of rotatable bonds is 0. The molecule has 0 aromatic heterocycles. The number of carbonyl (C=O) groups excluding carboxylic acids is 2. The van der Waals surface area contributed by atoms with Crippen LogP contribution in [0.1, 0.15) is 22.3 Å². The van der Waals surface area contributed by atoms with Crippen molar-refractivity contribution in [3.63, 3.8) is 0 Å². The maximum atomic E-state index is 8.35. The first-order chi connectivity index (χ1) is 2.83. The molecule has 0 fully saturated rings. The van der Waals surface area contributed by atoms with Gasteiger partial charge in [0, 0.05) is 0 Å². The van der Waals surface area contributed by atoms with Crippen LogP contribution < -0.4 is 0 Å². The van der Waals surface area contributed by atoms with Crippen LogP contribution in [0.4, 0.5) is 0 Å². The normalized spacial score (nSPS) is 1.60. The Morgan fingerprint density at radius 1 is 0.800 bits per heavy atom. The molecular formula is C5H15ClN2O2. The molecule has 0 aromatic carbocycles. The Labute approximate surface area is 68.1 Å². The minimum atomic E-state index is 0. The second-order valence-corrected chi connectivity index (χ2v) is 0.204. The second-order valence-electron chi connectivity index (χ2n) is 0.204. The van der Waals surface area contributed by atoms with E-state index in [1.54, 1.807) is 0 Å². The molecule has 0 bridgehead atoms. The van der Waals surface area contributed by atoms with E-state index in [1.165, 1.54) is 0 Å². The van der Waals surface area contributed by atoms with Gasteiger partial charge in [0.1, 0.15) is 0 Å². The summed E-state index contributed by atoms with van der Waals surface area (Å²) in [5.41, 5.74) is 0. The van der Waals surface area contributed by atoms with E-state index in [1.807, 2.05) is 0 Å². The van der Waals surface area contributed by atoms with Gasteiger partial charge < -0.3 is 0 Å². The maximum Gasteiger partial charge on any atom is 0.231 e. The topological polar surface area (TPSA) is 81.8 Å². The molecule has 0 atom stereocenters. The molecule has 2 N–H and O–H groups in total. The lowest BCUT2D eigenvalue weighted by Gasteiger charge is -1.02. The summed E-state index contributed by atoms with van der Waals surface area (Å²) in [6.45, 7) is 0. The fourth-order valence-corrected chi connectivity index (χ4v) is 0. The Hall–Kier alpha value is -0.950. The van der Waals surface area contributed by atoms with Gasteiger partial charge in [-0.15, -0.1) is 12.4 Å². The highest BCUT2D eigenvalue weighted by Crippen LogP contribution is 0.871. The molecule has 0 aromatic rings. The predicted octanol–water partition coefficient (Wildman–Crippen LogP) is 2.13. The first-order valence-electron chi connectivity index (χ1n) is 0.908. The Bertz CT molecular complexity index is 71.6. The molecule has 5 heteroatoms. The van der Waals surface area contributed by atoms with Crippen LogP contribution >= 0.6 is 12.4 Å². The van der Waals surface area contributed by atoms with Crippen molar-refractivity contribution in [2.75, 3.05) is 0 Å². The van der Waals surface area contributed by atoms with Gasteiger partial charge in [-0.2, -0.15) is 0 Å². The van der Waals surface area contributed by atoms with Crippen LogP contribution in [0.2, 0.25) is 0 Å². The third kappa shape index (κ3) is 286. The van der Waals surface area contributed by atoms with Crippen LogP contribution in [0.3, 0.4) is 0 Å². The number of halogens is 1. The number of isocyanates is 2. The summed E-state index contributed by atoms with van der Waals surface area (Å²) in [6.07, 6.45) is 1.50. The molecule has 64 valence electrons. The Morgan fingerprint density at radius 2 is 0.800 bits per heavy atom. The Kier molecular flexibility index (Phi) is 2290. The SMILES string of the molecule is C.C.C.Cl.N=C=O.N=C=O. The smallest absolute Gasteiger partial charge is 0.222 e. The van der Waals surface area contributed by atoms with Crippen LogP contribution in [0.5, 0.6) is 0 Å². The van der Waals surface area contributed by atoms with E-state index in [-0.39, 0.29) is 34.7 Å². The molecule has 4 nitrogen and oxygen atoms in total. The average Bonchev–Trinajstić information content (AvgIpc) is 1.39. The van der Waals surface area contributed by atoms with E-state index in [4.69, 9.17) is 20.4 Å². The van der Waals surface area contributed by atoms with Crippen molar-refractivity contribution in [3.8, 4) is 0 Å². The van der Waals surface area contributed by atoms with Crippen molar-refractivity contribution < 1.29 is 9.59 Å². The summed E-state index contributed by atoms with van der Waals surface area (Å²) in [6, 6.07) is 0. The molecule has 0 amide bonds. The molecule has 0 radical (unpaired) electrons. The summed E-state index contributed by atoms with van der Waals surface area (Å²) < 4.78 is 0. The van der Waals surface area contributed by atoms with Crippen molar-refractivity contribution in [2.45, 2.75) is 22.3 Å². The summed E-state index contributed by atoms with van der Waals surface area (Å²) in [5.74, 6) is 0. The van der Waals surface area contributed by atoms with E-state index in [0.29, 0.717) is 0 Å². The molecule has 0 aliphatic heterocycles. The molecule has 0 rings (SSSR count). The third-order valence-electron chi connectivity index (χ3n) is 0. The zero-order valence-corrected chi connectivity index (χ0v) is 4.04. The zero-order valence-electron chi connectivity index (χ0n) is 3.22. The molecule has 0 unspecified atom stereocenters. The molecule has 0 saturated heterocycles. The molecule has 10 heavy (non-hydrogen) atoms. The van der Waals surface area contributed by atoms with E-state index in [2.05, 4.69) is 0 Å². The predicted molar refractivity (Wildman–Crippen MR) is 44.3 cm³/mol. The molecule has 0 aliphatic carbocycles. The fourth-order valence-electron chi connectivity index (χ4n) is 0. The van der Waals surface area contributed by atoms with Crippen molar-refractivity contribution >= 4 is 24.6 Å². The van der Waals surface area contributed by atoms with Crippen LogP contribution in [-0.4, -0.2) is 12.2 Å². The van der Waals surface area contributed by atoms with Gasteiger partial charge in [0.2, 0.25) is 12.2 Å². The minimum Gasteiger partial charge on any atom is -0.222 e. The van der Waals surface area contributed by atoms with Crippen LogP contribution in [0.15, 0.2) is 0 Å². The minimum absolute atomic E-state index is 0. The molecule has 0 heterocycles. The van der Waals surface area contributed by atoms with Crippen LogP contribution in [0, 0.1) is 10.8 Å². The quantitative estimate of drug-likeness (QED) is 0.431. The zero-order chi connectivity index (χ0) is 5.41. The lowest BCUT2D eigenvalue weighted by Crippen LogP contribution is -1.16. The standard InChI is InChI=1S/2CHNO.3CH4.ClH/c2*2-1-3;;;;/h2*2H;3*1H4;1H. The Balaban J connectivity index is -0.00000000571. The highest BCUT2D eigenvalue weighted by Gasteiger charge is 1.04. The van der Waals surface area contributed by atoms with Gasteiger partial charge in [0.15, 0.2) is 0 Å². The van der Waals surface area contributed by atoms with Gasteiger partial charge >= 0.3 is 0 Å². The van der Waals surface area contributed by atoms with E-state index >= 15 is 0 Å². The number of hydrogen-bond acceptors (Lipinski definition) is 4. The summed E-state index contributed by atoms with van der Waals surface area (Å²) >= 11 is 0. The van der Waals surface area contributed by atoms with Gasteiger partial charge in [-0.3, -0.25) is 0 Å². The van der Waals surface area contributed by atoms with Gasteiger partial charge in [-0.1, -0.05) is 22.3 Å². The largest absolute Gasteiger partial charge is 0.231 e. The van der Waals surface area contributed by atoms with Crippen molar-refractivity contribution in [1.82, 2.24) is 0 Å². The highest BCUT2D eigenvalue weighted by atomic mass is 35.5. The maximum absolute atomic E-state index is 8.35. The first kappa shape index (κ1) is 63.0. The summed E-state index contributed by atoms with van der Waals surface area (Å²) in [5, 5.41) is 10.8. The fraction of sp³-hybridized carbons (Fsp3) is 0.600. The summed E-state index contributed by atoms with van der Waals surface area (Å²) in [4.78, 5) is 16.7. The van der Waals surface area contributed by atoms with Crippen molar-refractivity contribution in [2.24, 2.45) is 0 Å². The molecule has 0 saturated carbocycles. The molecule has 0 aliphatic rings. The van der Waals surface area contributed by atoms with E-state index in [9.17, 15) is 0 Å². The Morgan fingerprint density at radius 3 is 0.800 bits per heavy atom. The lowest BCUT2D eigenvalue weighted by molar-refractivity contribution is 0.562. The number of hydrogen-bond donors (Lipinski definition) is 2. The first-order valence-corrected chi connectivity index (χ1v) is 0.908. The van der Waals surface area contributed by atoms with Crippen molar-refractivity contribution in [3.05, 3.63) is 0 Å². The number of nitrogens with one attached hydrogen (secondary N) is 2. The van der Waals surface area contributed by atoms with E-state index in [0.717, 1.165) is 12.2 Å². The van der Waals surface area contributed by atoms with Gasteiger partial charge in [-0.25, -0.2) is 20.4 Å². The van der Waals surface area contributed by atoms with Gasteiger partial charge in [-0.05, 0) is 0 Å². The monoisotopic (exact) mass is 170 g/mol. The third-order valence-corrected chi connectivity index (χ3v) is 0. The van der Waals surface area contributed by atoms with Crippen LogP contribution in [0.25, 0.3) is 0 Å². The van der Waals surface area contributed by atoms with E-state index < -0.39 is 0 Å². The summed E-state index contributed by atoms with van der Waals surface area (Å²) in [7, 11) is 0. The highest BCUT2D eigenvalue weighted by molar-refractivity contribution is 5.85. The average molecular weight is 171 g/mol. The van der Waals surface area contributed by atoms with Crippen molar-refractivity contribution in [1.29, 1.82) is 10.8 Å². The molecule has 0 spiro atoms. The lowest BCUT2D eigenvalue weighted by atomic mass is 11.7. The van der Waals surface area contributed by atoms with Gasteiger partial charge in [0.25, 0.3) is 0 Å². The molecular weight excluding hydrogens is 156 g/mol.